The molecule has 20 heavy (non-hydrogen) atoms. The van der Waals surface area contributed by atoms with E-state index in [4.69, 9.17) is 12.2 Å². The van der Waals surface area contributed by atoms with E-state index in [1.807, 2.05) is 0 Å². The SMILES string of the molecule is Cn1c(=S)[nH]c2c(c1=O)CC(SCCN1CCCC1)=N2. The molecule has 0 unspecified atom stereocenters. The number of aromatic nitrogens is 2. The molecule has 3 heterocycles. The number of hydrogen-bond acceptors (Lipinski definition) is 5. The molecule has 5 nitrogen and oxygen atoms in total. The van der Waals surface area contributed by atoms with Gasteiger partial charge in [0.05, 0.1) is 10.6 Å². The molecule has 7 heteroatoms. The third-order valence-corrected chi connectivity index (χ3v) is 5.15. The quantitative estimate of drug-likeness (QED) is 0.866. The van der Waals surface area contributed by atoms with Crippen LogP contribution in [0.15, 0.2) is 9.79 Å². The maximum absolute atomic E-state index is 12.1. The number of likely N-dealkylation sites (tertiary alicyclic amines) is 1. The second-order valence-corrected chi connectivity index (χ2v) is 6.76. The number of H-pyrrole nitrogens is 1. The Morgan fingerprint density at radius 2 is 2.15 bits per heavy atom. The van der Waals surface area contributed by atoms with Gasteiger partial charge in [-0.3, -0.25) is 9.36 Å². The summed E-state index contributed by atoms with van der Waals surface area (Å²) in [7, 11) is 1.69. The van der Waals surface area contributed by atoms with E-state index in [1.54, 1.807) is 18.8 Å². The molecular formula is C13H18N4OS2. The monoisotopic (exact) mass is 310 g/mol. The van der Waals surface area contributed by atoms with Crippen LogP contribution in [0.25, 0.3) is 0 Å². The molecule has 0 spiro atoms. The topological polar surface area (TPSA) is 53.4 Å². The Labute approximate surface area is 127 Å². The van der Waals surface area contributed by atoms with Crippen LogP contribution in [0, 0.1) is 4.77 Å². The maximum Gasteiger partial charge on any atom is 0.259 e. The van der Waals surface area contributed by atoms with Crippen LogP contribution < -0.4 is 5.56 Å². The zero-order chi connectivity index (χ0) is 14.1. The van der Waals surface area contributed by atoms with Gasteiger partial charge in [-0.2, -0.15) is 0 Å². The summed E-state index contributed by atoms with van der Waals surface area (Å²) in [4.78, 5) is 22.1. The second-order valence-electron chi connectivity index (χ2n) is 5.20. The fourth-order valence-corrected chi connectivity index (χ4v) is 3.78. The Bertz CT molecular complexity index is 655. The molecule has 1 aromatic heterocycles. The van der Waals surface area contributed by atoms with Gasteiger partial charge in [-0.25, -0.2) is 4.99 Å². The summed E-state index contributed by atoms with van der Waals surface area (Å²) in [6.07, 6.45) is 3.28. The van der Waals surface area contributed by atoms with Crippen molar-refractivity contribution in [1.82, 2.24) is 14.5 Å². The molecule has 0 bridgehead atoms. The molecule has 1 saturated heterocycles. The van der Waals surface area contributed by atoms with Crippen LogP contribution in [-0.4, -0.2) is 44.9 Å². The first-order chi connectivity index (χ1) is 9.65. The van der Waals surface area contributed by atoms with Gasteiger partial charge in [0.15, 0.2) is 4.77 Å². The fraction of sp³-hybridized carbons (Fsp3) is 0.615. The Morgan fingerprint density at radius 3 is 2.90 bits per heavy atom. The third-order valence-electron chi connectivity index (χ3n) is 3.82. The minimum atomic E-state index is -0.0253. The number of aliphatic imine (C=N–C) groups is 1. The molecule has 2 aliphatic rings. The van der Waals surface area contributed by atoms with Crippen LogP contribution in [0.2, 0.25) is 0 Å². The molecule has 0 aromatic carbocycles. The molecule has 0 radical (unpaired) electrons. The van der Waals surface area contributed by atoms with E-state index in [1.165, 1.54) is 30.5 Å². The normalized spacial score (nSPS) is 18.4. The Morgan fingerprint density at radius 1 is 1.40 bits per heavy atom. The van der Waals surface area contributed by atoms with Crippen molar-refractivity contribution in [2.24, 2.45) is 12.0 Å². The van der Waals surface area contributed by atoms with Crippen LogP contribution in [-0.2, 0) is 13.5 Å². The summed E-state index contributed by atoms with van der Waals surface area (Å²) in [5.74, 6) is 1.69. The highest BCUT2D eigenvalue weighted by molar-refractivity contribution is 8.14. The van der Waals surface area contributed by atoms with Gasteiger partial charge in [-0.1, -0.05) is 0 Å². The van der Waals surface area contributed by atoms with E-state index in [0.717, 1.165) is 22.9 Å². The highest BCUT2D eigenvalue weighted by Crippen LogP contribution is 2.25. The summed E-state index contributed by atoms with van der Waals surface area (Å²) in [6.45, 7) is 3.55. The summed E-state index contributed by atoms with van der Waals surface area (Å²) >= 11 is 6.86. The summed E-state index contributed by atoms with van der Waals surface area (Å²) in [5, 5.41) is 1.02. The highest BCUT2D eigenvalue weighted by Gasteiger charge is 2.20. The number of thioether (sulfide) groups is 1. The lowest BCUT2D eigenvalue weighted by atomic mass is 10.2. The molecule has 0 amide bonds. The predicted molar refractivity (Wildman–Crippen MR) is 85.8 cm³/mol. The molecule has 3 rings (SSSR count). The molecule has 1 aromatic rings. The van der Waals surface area contributed by atoms with Gasteiger partial charge in [0.25, 0.3) is 5.56 Å². The zero-order valence-electron chi connectivity index (χ0n) is 11.5. The van der Waals surface area contributed by atoms with Gasteiger partial charge in [0.2, 0.25) is 0 Å². The van der Waals surface area contributed by atoms with Crippen molar-refractivity contribution in [1.29, 1.82) is 0 Å². The summed E-state index contributed by atoms with van der Waals surface area (Å²) in [5.41, 5.74) is 0.715. The van der Waals surface area contributed by atoms with E-state index in [2.05, 4.69) is 14.9 Å². The van der Waals surface area contributed by atoms with E-state index in [9.17, 15) is 4.79 Å². The lowest BCUT2D eigenvalue weighted by molar-refractivity contribution is 0.362. The number of rotatable bonds is 3. The van der Waals surface area contributed by atoms with Crippen molar-refractivity contribution >= 4 is 34.8 Å². The molecule has 0 aliphatic carbocycles. The lowest BCUT2D eigenvalue weighted by Crippen LogP contribution is -2.23. The van der Waals surface area contributed by atoms with E-state index >= 15 is 0 Å². The zero-order valence-corrected chi connectivity index (χ0v) is 13.1. The van der Waals surface area contributed by atoms with Gasteiger partial charge >= 0.3 is 0 Å². The molecular weight excluding hydrogens is 292 g/mol. The Balaban J connectivity index is 1.63. The third kappa shape index (κ3) is 2.75. The van der Waals surface area contributed by atoms with Crippen molar-refractivity contribution in [3.8, 4) is 0 Å². The first-order valence-electron chi connectivity index (χ1n) is 6.90. The number of nitrogens with one attached hydrogen (secondary N) is 1. The van der Waals surface area contributed by atoms with Gasteiger partial charge in [-0.15, -0.1) is 11.8 Å². The maximum atomic E-state index is 12.1. The average molecular weight is 310 g/mol. The molecule has 2 aliphatic heterocycles. The van der Waals surface area contributed by atoms with Crippen LogP contribution in [0.3, 0.4) is 0 Å². The van der Waals surface area contributed by atoms with E-state index in [-0.39, 0.29) is 5.56 Å². The molecule has 1 N–H and O–H groups in total. The largest absolute Gasteiger partial charge is 0.316 e. The van der Waals surface area contributed by atoms with Crippen molar-refractivity contribution in [2.45, 2.75) is 19.3 Å². The molecule has 0 atom stereocenters. The predicted octanol–water partition coefficient (Wildman–Crippen LogP) is 1.86. The summed E-state index contributed by atoms with van der Waals surface area (Å²) < 4.78 is 1.91. The second kappa shape index (κ2) is 5.83. The van der Waals surface area contributed by atoms with Crippen molar-refractivity contribution in [3.63, 3.8) is 0 Å². The van der Waals surface area contributed by atoms with Gasteiger partial charge in [0, 0.05) is 25.8 Å². The van der Waals surface area contributed by atoms with Gasteiger partial charge < -0.3 is 9.88 Å². The van der Waals surface area contributed by atoms with Gasteiger partial charge in [-0.05, 0) is 38.1 Å². The first-order valence-corrected chi connectivity index (χ1v) is 8.29. The van der Waals surface area contributed by atoms with Crippen LogP contribution in [0.4, 0.5) is 5.82 Å². The van der Waals surface area contributed by atoms with Crippen LogP contribution in [0.1, 0.15) is 18.4 Å². The van der Waals surface area contributed by atoms with Crippen molar-refractivity contribution < 1.29 is 0 Å². The minimum Gasteiger partial charge on any atom is -0.316 e. The Kier molecular flexibility index (Phi) is 4.09. The summed E-state index contributed by atoms with van der Waals surface area (Å²) in [6, 6.07) is 0. The van der Waals surface area contributed by atoms with E-state index in [0.29, 0.717) is 17.0 Å². The number of fused-ring (bicyclic) bond motifs is 1. The Hall–Kier alpha value is -0.920. The van der Waals surface area contributed by atoms with Crippen molar-refractivity contribution in [2.75, 3.05) is 25.4 Å². The molecule has 0 saturated carbocycles. The first kappa shape index (κ1) is 14.0. The minimum absolute atomic E-state index is 0.0253. The van der Waals surface area contributed by atoms with Crippen LogP contribution in [0.5, 0.6) is 0 Å². The number of hydrogen-bond donors (Lipinski definition) is 1. The van der Waals surface area contributed by atoms with E-state index < -0.39 is 0 Å². The standard InChI is InChI=1S/C13H18N4OS2/c1-16-12(18)9-8-10(14-11(9)15-13(16)19)20-7-6-17-4-2-3-5-17/h2-8H2,1H3,(H,15,19). The van der Waals surface area contributed by atoms with Gasteiger partial charge in [0.1, 0.15) is 5.82 Å². The average Bonchev–Trinajstić information content (AvgIpc) is 3.06. The molecule has 1 fully saturated rings. The van der Waals surface area contributed by atoms with Crippen LogP contribution >= 0.6 is 24.0 Å². The number of aromatic amines is 1. The number of nitrogens with zero attached hydrogens (tertiary/aromatic N) is 3. The highest BCUT2D eigenvalue weighted by atomic mass is 32.2. The smallest absolute Gasteiger partial charge is 0.259 e. The lowest BCUT2D eigenvalue weighted by Gasteiger charge is -2.13. The molecule has 108 valence electrons. The van der Waals surface area contributed by atoms with Crippen molar-refractivity contribution in [3.05, 3.63) is 20.7 Å². The fourth-order valence-electron chi connectivity index (χ4n) is 2.61.